The van der Waals surface area contributed by atoms with Crippen LogP contribution in [0, 0.1) is 17.3 Å². The second-order valence-corrected chi connectivity index (χ2v) is 4.90. The zero-order valence-corrected chi connectivity index (χ0v) is 8.79. The Labute approximate surface area is 81.0 Å². The highest BCUT2D eigenvalue weighted by atomic mass is 16.3. The molecule has 0 aliphatic heterocycles. The number of aliphatic hydroxyl groups is 2. The van der Waals surface area contributed by atoms with Gasteiger partial charge in [0.15, 0.2) is 0 Å². The third kappa shape index (κ3) is 2.44. The van der Waals surface area contributed by atoms with Crippen LogP contribution in [-0.4, -0.2) is 23.4 Å². The molecule has 1 aliphatic rings. The van der Waals surface area contributed by atoms with Gasteiger partial charge in [-0.1, -0.05) is 13.8 Å². The second-order valence-electron chi connectivity index (χ2n) is 4.90. The fourth-order valence-electron chi connectivity index (χ4n) is 2.29. The smallest absolute Gasteiger partial charge is 0.0509 e. The second kappa shape index (κ2) is 4.43. The SMILES string of the molecule is CC(C)C1CCC(CO)(CO)CC1. The molecule has 0 aromatic heterocycles. The van der Waals surface area contributed by atoms with Crippen molar-refractivity contribution in [2.45, 2.75) is 39.5 Å². The van der Waals surface area contributed by atoms with Crippen molar-refractivity contribution in [3.8, 4) is 0 Å². The van der Waals surface area contributed by atoms with Crippen LogP contribution in [0.2, 0.25) is 0 Å². The summed E-state index contributed by atoms with van der Waals surface area (Å²) in [5.41, 5.74) is -0.161. The van der Waals surface area contributed by atoms with Gasteiger partial charge in [0, 0.05) is 5.41 Å². The fourth-order valence-corrected chi connectivity index (χ4v) is 2.29. The average Bonchev–Trinajstić information content (AvgIpc) is 2.18. The third-order valence-corrected chi connectivity index (χ3v) is 3.70. The highest BCUT2D eigenvalue weighted by Gasteiger charge is 2.34. The first-order valence-corrected chi connectivity index (χ1v) is 5.35. The molecule has 0 amide bonds. The van der Waals surface area contributed by atoms with Crippen molar-refractivity contribution in [3.63, 3.8) is 0 Å². The summed E-state index contributed by atoms with van der Waals surface area (Å²) in [5.74, 6) is 1.54. The zero-order valence-electron chi connectivity index (χ0n) is 8.79. The van der Waals surface area contributed by atoms with E-state index in [1.807, 2.05) is 0 Å². The van der Waals surface area contributed by atoms with Crippen molar-refractivity contribution in [1.29, 1.82) is 0 Å². The van der Waals surface area contributed by atoms with Crippen LogP contribution in [-0.2, 0) is 0 Å². The summed E-state index contributed by atoms with van der Waals surface area (Å²) in [6.45, 7) is 4.81. The van der Waals surface area contributed by atoms with Crippen molar-refractivity contribution in [2.75, 3.05) is 13.2 Å². The van der Waals surface area contributed by atoms with Gasteiger partial charge in [0.1, 0.15) is 0 Å². The standard InChI is InChI=1S/C11H22O2/c1-9(2)10-3-5-11(7-12,8-13)6-4-10/h9-10,12-13H,3-8H2,1-2H3. The molecule has 1 fully saturated rings. The van der Waals surface area contributed by atoms with Gasteiger partial charge in [-0.25, -0.2) is 0 Å². The molecule has 0 radical (unpaired) electrons. The molecule has 2 heteroatoms. The van der Waals surface area contributed by atoms with E-state index in [2.05, 4.69) is 13.8 Å². The van der Waals surface area contributed by atoms with Crippen LogP contribution >= 0.6 is 0 Å². The molecule has 13 heavy (non-hydrogen) atoms. The fraction of sp³-hybridized carbons (Fsp3) is 1.00. The first kappa shape index (κ1) is 11.0. The van der Waals surface area contributed by atoms with Crippen LogP contribution in [0.15, 0.2) is 0 Å². The molecule has 78 valence electrons. The lowest BCUT2D eigenvalue weighted by atomic mass is 9.69. The molecule has 0 aromatic rings. The van der Waals surface area contributed by atoms with E-state index in [1.165, 1.54) is 12.8 Å². The van der Waals surface area contributed by atoms with E-state index < -0.39 is 0 Å². The number of rotatable bonds is 3. The first-order chi connectivity index (χ1) is 6.13. The van der Waals surface area contributed by atoms with Gasteiger partial charge in [0.25, 0.3) is 0 Å². The predicted molar refractivity (Wildman–Crippen MR) is 53.4 cm³/mol. The highest BCUT2D eigenvalue weighted by molar-refractivity contribution is 4.85. The Morgan fingerprint density at radius 2 is 1.62 bits per heavy atom. The van der Waals surface area contributed by atoms with Gasteiger partial charge >= 0.3 is 0 Å². The van der Waals surface area contributed by atoms with Crippen LogP contribution in [0.25, 0.3) is 0 Å². The largest absolute Gasteiger partial charge is 0.396 e. The lowest BCUT2D eigenvalue weighted by molar-refractivity contribution is 0.00501. The lowest BCUT2D eigenvalue weighted by Gasteiger charge is -2.38. The molecule has 0 saturated heterocycles. The Balaban J connectivity index is 2.45. The minimum Gasteiger partial charge on any atom is -0.396 e. The summed E-state index contributed by atoms with van der Waals surface area (Å²) in [4.78, 5) is 0. The molecular formula is C11H22O2. The van der Waals surface area contributed by atoms with E-state index in [9.17, 15) is 10.2 Å². The minimum absolute atomic E-state index is 0.147. The quantitative estimate of drug-likeness (QED) is 0.705. The summed E-state index contributed by atoms with van der Waals surface area (Å²) in [7, 11) is 0. The Bertz CT molecular complexity index is 140. The summed E-state index contributed by atoms with van der Waals surface area (Å²) in [5, 5.41) is 18.4. The number of aliphatic hydroxyl groups excluding tert-OH is 2. The molecule has 2 nitrogen and oxygen atoms in total. The zero-order chi connectivity index (χ0) is 9.90. The van der Waals surface area contributed by atoms with E-state index in [4.69, 9.17) is 0 Å². The summed E-state index contributed by atoms with van der Waals surface area (Å²) < 4.78 is 0. The lowest BCUT2D eigenvalue weighted by Crippen LogP contribution is -2.35. The van der Waals surface area contributed by atoms with Crippen molar-refractivity contribution in [3.05, 3.63) is 0 Å². The summed E-state index contributed by atoms with van der Waals surface area (Å²) in [6.07, 6.45) is 4.31. The molecule has 1 rings (SSSR count). The molecule has 0 heterocycles. The normalized spacial score (nSPS) is 23.8. The van der Waals surface area contributed by atoms with Crippen LogP contribution in [0.4, 0.5) is 0 Å². The van der Waals surface area contributed by atoms with Crippen molar-refractivity contribution < 1.29 is 10.2 Å². The average molecular weight is 186 g/mol. The molecule has 0 atom stereocenters. The molecule has 0 bridgehead atoms. The molecule has 0 spiro atoms. The van der Waals surface area contributed by atoms with Gasteiger partial charge in [-0.2, -0.15) is 0 Å². The summed E-state index contributed by atoms with van der Waals surface area (Å²) >= 11 is 0. The van der Waals surface area contributed by atoms with E-state index in [-0.39, 0.29) is 18.6 Å². The van der Waals surface area contributed by atoms with Crippen molar-refractivity contribution in [2.24, 2.45) is 17.3 Å². The molecule has 2 N–H and O–H groups in total. The van der Waals surface area contributed by atoms with E-state index in [0.29, 0.717) is 0 Å². The first-order valence-electron chi connectivity index (χ1n) is 5.35. The maximum Gasteiger partial charge on any atom is 0.0509 e. The van der Waals surface area contributed by atoms with Crippen molar-refractivity contribution in [1.82, 2.24) is 0 Å². The third-order valence-electron chi connectivity index (χ3n) is 3.70. The highest BCUT2D eigenvalue weighted by Crippen LogP contribution is 2.40. The maximum absolute atomic E-state index is 9.21. The minimum atomic E-state index is -0.161. The Hall–Kier alpha value is -0.0800. The number of hydrogen-bond donors (Lipinski definition) is 2. The Kier molecular flexibility index (Phi) is 3.74. The van der Waals surface area contributed by atoms with E-state index >= 15 is 0 Å². The van der Waals surface area contributed by atoms with Crippen molar-refractivity contribution >= 4 is 0 Å². The van der Waals surface area contributed by atoms with E-state index in [1.54, 1.807) is 0 Å². The predicted octanol–water partition coefficient (Wildman–Crippen LogP) is 1.80. The summed E-state index contributed by atoms with van der Waals surface area (Å²) in [6, 6.07) is 0. The molecule has 0 unspecified atom stereocenters. The van der Waals surface area contributed by atoms with Gasteiger partial charge in [-0.05, 0) is 37.5 Å². The topological polar surface area (TPSA) is 40.5 Å². The molecule has 1 aliphatic carbocycles. The number of hydrogen-bond acceptors (Lipinski definition) is 2. The van der Waals surface area contributed by atoms with Crippen LogP contribution in [0.1, 0.15) is 39.5 Å². The van der Waals surface area contributed by atoms with E-state index in [0.717, 1.165) is 24.7 Å². The van der Waals surface area contributed by atoms with Gasteiger partial charge in [-0.3, -0.25) is 0 Å². The molecular weight excluding hydrogens is 164 g/mol. The molecule has 1 saturated carbocycles. The Morgan fingerprint density at radius 1 is 1.15 bits per heavy atom. The van der Waals surface area contributed by atoms with Gasteiger partial charge in [0.05, 0.1) is 13.2 Å². The van der Waals surface area contributed by atoms with Gasteiger partial charge < -0.3 is 10.2 Å². The van der Waals surface area contributed by atoms with Crippen LogP contribution in [0.5, 0.6) is 0 Å². The van der Waals surface area contributed by atoms with Gasteiger partial charge in [-0.15, -0.1) is 0 Å². The molecule has 0 aromatic carbocycles. The monoisotopic (exact) mass is 186 g/mol. The van der Waals surface area contributed by atoms with Gasteiger partial charge in [0.2, 0.25) is 0 Å². The maximum atomic E-state index is 9.21. The van der Waals surface area contributed by atoms with Crippen LogP contribution in [0.3, 0.4) is 0 Å². The Morgan fingerprint density at radius 3 is 1.92 bits per heavy atom. The van der Waals surface area contributed by atoms with Crippen LogP contribution < -0.4 is 0 Å².